The number of benzene rings is 5. The Morgan fingerprint density at radius 1 is 0.391 bits per heavy atom. The first-order valence-corrected chi connectivity index (χ1v) is 15.6. The topological polar surface area (TPSA) is 51.6 Å². The molecule has 0 bridgehead atoms. The lowest BCUT2D eigenvalue weighted by atomic mass is 10.0. The van der Waals surface area contributed by atoms with E-state index in [1.54, 1.807) is 0 Å². The lowest BCUT2D eigenvalue weighted by Gasteiger charge is -2.13. The summed E-state index contributed by atoms with van der Waals surface area (Å²) in [5.41, 5.74) is 11.8. The molecule has 0 saturated heterocycles. The molecule has 3 heterocycles. The highest BCUT2D eigenvalue weighted by atomic mass is 14.9. The first-order chi connectivity index (χ1) is 22.7. The maximum absolute atomic E-state index is 5.29. The summed E-state index contributed by atoms with van der Waals surface area (Å²) in [6, 6.07) is 52.2. The molecule has 8 rings (SSSR count). The molecule has 5 aromatic carbocycles. The van der Waals surface area contributed by atoms with Crippen molar-refractivity contribution in [1.29, 1.82) is 0 Å². The molecule has 0 aliphatic rings. The van der Waals surface area contributed by atoms with Crippen molar-refractivity contribution in [3.05, 3.63) is 157 Å². The molecule has 0 N–H and O–H groups in total. The first kappa shape index (κ1) is 27.5. The fraction of sp³-hybridized carbons (Fsp3) is 0.0476. The molecule has 8 aromatic rings. The van der Waals surface area contributed by atoms with Gasteiger partial charge in [-0.2, -0.15) is 0 Å². The number of fused-ring (bicyclic) bond motifs is 3. The summed E-state index contributed by atoms with van der Waals surface area (Å²) in [5.74, 6) is 0.665. The number of hydrogen-bond donors (Lipinski definition) is 0. The van der Waals surface area contributed by atoms with E-state index in [9.17, 15) is 0 Å². The van der Waals surface area contributed by atoms with Gasteiger partial charge < -0.3 is 0 Å². The molecule has 3 aromatic heterocycles. The van der Waals surface area contributed by atoms with Crippen LogP contribution < -0.4 is 0 Å². The predicted molar refractivity (Wildman–Crippen MR) is 189 cm³/mol. The first-order valence-electron chi connectivity index (χ1n) is 15.6. The maximum atomic E-state index is 5.29. The second kappa shape index (κ2) is 11.8. The molecular formula is C42H30N4. The van der Waals surface area contributed by atoms with Crippen LogP contribution in [0.5, 0.6) is 0 Å². The van der Waals surface area contributed by atoms with Crippen LogP contribution in [0.15, 0.2) is 152 Å². The highest BCUT2D eigenvalue weighted by Crippen LogP contribution is 2.33. The molecule has 0 saturated carbocycles. The van der Waals surface area contributed by atoms with Crippen LogP contribution in [0.25, 0.3) is 78.2 Å². The Bertz CT molecular complexity index is 2320. The molecule has 4 nitrogen and oxygen atoms in total. The third-order valence-electron chi connectivity index (χ3n) is 8.48. The number of aromatic nitrogens is 4. The smallest absolute Gasteiger partial charge is 0.160 e. The SMILES string of the molecule is CCc1cc(-c2cc(-c3ccccc3)nc(-c3ccc(-c4ccccc4)cc3)n2)nc2c1ccc1ccc(-c3ccccc3)nc12. The summed E-state index contributed by atoms with van der Waals surface area (Å²) in [4.78, 5) is 20.6. The molecule has 0 spiro atoms. The second-order valence-corrected chi connectivity index (χ2v) is 11.4. The number of hydrogen-bond acceptors (Lipinski definition) is 4. The Morgan fingerprint density at radius 2 is 0.913 bits per heavy atom. The standard InChI is InChI=1S/C42H30N4/c1-2-28-26-38(44-41-35(28)24-22-33-23-25-36(43-40(33)41)31-14-8-4-9-15-31)39-27-37(32-16-10-5-11-17-32)45-42(46-39)34-20-18-30(19-21-34)29-12-6-3-7-13-29/h3-27H,2H2,1H3. The van der Waals surface area contributed by atoms with E-state index >= 15 is 0 Å². The monoisotopic (exact) mass is 590 g/mol. The Kier molecular flexibility index (Phi) is 7.08. The molecule has 0 unspecified atom stereocenters. The second-order valence-electron chi connectivity index (χ2n) is 11.4. The van der Waals surface area contributed by atoms with Gasteiger partial charge in [0.1, 0.15) is 0 Å². The van der Waals surface area contributed by atoms with Gasteiger partial charge in [0.05, 0.1) is 33.8 Å². The van der Waals surface area contributed by atoms with Crippen molar-refractivity contribution in [3.8, 4) is 56.4 Å². The van der Waals surface area contributed by atoms with Crippen LogP contribution in [-0.4, -0.2) is 19.9 Å². The number of aryl methyl sites for hydroxylation is 1. The number of nitrogens with zero attached hydrogens (tertiary/aromatic N) is 4. The van der Waals surface area contributed by atoms with Crippen molar-refractivity contribution in [2.75, 3.05) is 0 Å². The Morgan fingerprint density at radius 3 is 1.59 bits per heavy atom. The van der Waals surface area contributed by atoms with Crippen molar-refractivity contribution in [2.24, 2.45) is 0 Å². The van der Waals surface area contributed by atoms with Gasteiger partial charge in [-0.25, -0.2) is 19.9 Å². The van der Waals surface area contributed by atoms with Gasteiger partial charge in [-0.1, -0.05) is 140 Å². The van der Waals surface area contributed by atoms with E-state index in [0.29, 0.717) is 5.82 Å². The minimum Gasteiger partial charge on any atom is -0.245 e. The highest BCUT2D eigenvalue weighted by Gasteiger charge is 2.16. The minimum atomic E-state index is 0.665. The summed E-state index contributed by atoms with van der Waals surface area (Å²) in [6.07, 6.45) is 0.861. The van der Waals surface area contributed by atoms with Gasteiger partial charge in [-0.05, 0) is 41.3 Å². The van der Waals surface area contributed by atoms with Crippen molar-refractivity contribution < 1.29 is 0 Å². The number of rotatable bonds is 6. The molecule has 0 aliphatic carbocycles. The third-order valence-corrected chi connectivity index (χ3v) is 8.48. The zero-order valence-electron chi connectivity index (χ0n) is 25.4. The van der Waals surface area contributed by atoms with Crippen molar-refractivity contribution in [2.45, 2.75) is 13.3 Å². The molecule has 46 heavy (non-hydrogen) atoms. The van der Waals surface area contributed by atoms with E-state index in [1.165, 1.54) is 11.1 Å². The minimum absolute atomic E-state index is 0.665. The van der Waals surface area contributed by atoms with E-state index in [-0.39, 0.29) is 0 Å². The Balaban J connectivity index is 1.31. The molecule has 0 fully saturated rings. The predicted octanol–water partition coefficient (Wildman–Crippen LogP) is 10.5. The molecular weight excluding hydrogens is 560 g/mol. The van der Waals surface area contributed by atoms with Gasteiger partial charge in [0.15, 0.2) is 5.82 Å². The van der Waals surface area contributed by atoms with E-state index in [1.807, 2.05) is 42.5 Å². The molecule has 0 radical (unpaired) electrons. The van der Waals surface area contributed by atoms with Gasteiger partial charge >= 0.3 is 0 Å². The fourth-order valence-corrected chi connectivity index (χ4v) is 6.04. The quantitative estimate of drug-likeness (QED) is 0.181. The zero-order valence-corrected chi connectivity index (χ0v) is 25.4. The lowest BCUT2D eigenvalue weighted by Crippen LogP contribution is -1.99. The maximum Gasteiger partial charge on any atom is 0.160 e. The van der Waals surface area contributed by atoms with Gasteiger partial charge in [-0.3, -0.25) is 0 Å². The molecule has 0 amide bonds. The number of pyridine rings is 2. The highest BCUT2D eigenvalue weighted by molar-refractivity contribution is 6.05. The summed E-state index contributed by atoms with van der Waals surface area (Å²) < 4.78 is 0. The van der Waals surface area contributed by atoms with Crippen LogP contribution in [0.2, 0.25) is 0 Å². The van der Waals surface area contributed by atoms with Crippen molar-refractivity contribution in [3.63, 3.8) is 0 Å². The van der Waals surface area contributed by atoms with Crippen LogP contribution in [0.4, 0.5) is 0 Å². The van der Waals surface area contributed by atoms with E-state index in [4.69, 9.17) is 19.9 Å². The normalized spacial score (nSPS) is 11.2. The van der Waals surface area contributed by atoms with Crippen LogP contribution >= 0.6 is 0 Å². The largest absolute Gasteiger partial charge is 0.245 e. The summed E-state index contributed by atoms with van der Waals surface area (Å²) in [6.45, 7) is 2.19. The molecule has 0 aliphatic heterocycles. The molecule has 4 heteroatoms. The van der Waals surface area contributed by atoms with Crippen molar-refractivity contribution in [1.82, 2.24) is 19.9 Å². The average Bonchev–Trinajstić information content (AvgIpc) is 3.15. The fourth-order valence-electron chi connectivity index (χ4n) is 6.04. The van der Waals surface area contributed by atoms with E-state index < -0.39 is 0 Å². The van der Waals surface area contributed by atoms with Gasteiger partial charge in [0.25, 0.3) is 0 Å². The van der Waals surface area contributed by atoms with E-state index in [0.717, 1.165) is 73.3 Å². The summed E-state index contributed by atoms with van der Waals surface area (Å²) in [7, 11) is 0. The van der Waals surface area contributed by atoms with Gasteiger partial charge in [0, 0.05) is 27.5 Å². The van der Waals surface area contributed by atoms with Crippen LogP contribution in [0.1, 0.15) is 12.5 Å². The summed E-state index contributed by atoms with van der Waals surface area (Å²) >= 11 is 0. The summed E-state index contributed by atoms with van der Waals surface area (Å²) in [5, 5.41) is 2.18. The van der Waals surface area contributed by atoms with Gasteiger partial charge in [-0.15, -0.1) is 0 Å². The molecule has 0 atom stereocenters. The Hall–Kier alpha value is -6.00. The third kappa shape index (κ3) is 5.20. The Labute approximate surface area is 268 Å². The van der Waals surface area contributed by atoms with Gasteiger partial charge in [0.2, 0.25) is 0 Å². The molecule has 218 valence electrons. The van der Waals surface area contributed by atoms with Crippen LogP contribution in [-0.2, 0) is 6.42 Å². The van der Waals surface area contributed by atoms with Crippen molar-refractivity contribution >= 4 is 21.8 Å². The van der Waals surface area contributed by atoms with Crippen LogP contribution in [0.3, 0.4) is 0 Å². The zero-order chi connectivity index (χ0) is 30.9. The average molecular weight is 591 g/mol. The lowest BCUT2D eigenvalue weighted by molar-refractivity contribution is 1.13. The van der Waals surface area contributed by atoms with E-state index in [2.05, 4.69) is 116 Å². The van der Waals surface area contributed by atoms with Crippen LogP contribution in [0, 0.1) is 0 Å².